The van der Waals surface area contributed by atoms with Gasteiger partial charge in [-0.05, 0) is 34.0 Å². The number of halogens is 3. The molecule has 0 saturated carbocycles. The number of H-pyrrole nitrogens is 1. The molecule has 0 radical (unpaired) electrons. The van der Waals surface area contributed by atoms with Gasteiger partial charge in [0.15, 0.2) is 11.6 Å². The van der Waals surface area contributed by atoms with Crippen molar-refractivity contribution in [2.75, 3.05) is 0 Å². The Bertz CT molecular complexity index is 729. The molecule has 2 aromatic rings. The van der Waals surface area contributed by atoms with Crippen LogP contribution >= 0.6 is 15.9 Å². The summed E-state index contributed by atoms with van der Waals surface area (Å²) in [5, 5.41) is 9.80. The van der Waals surface area contributed by atoms with Crippen molar-refractivity contribution in [1.29, 1.82) is 0 Å². The van der Waals surface area contributed by atoms with E-state index in [4.69, 9.17) is 0 Å². The summed E-state index contributed by atoms with van der Waals surface area (Å²) in [7, 11) is 0. The van der Waals surface area contributed by atoms with Crippen molar-refractivity contribution in [3.8, 4) is 17.3 Å². The molecule has 1 heterocycles. The standard InChI is InChI=1S/C13H11BrF2N2O2/c1-5(2)8-12(19)17-11(18-13(8)20)6-3-4-7(15)10(16)9(6)14/h3-5H,1-2H3,(H2,17,18,19,20). The molecule has 0 aliphatic rings. The van der Waals surface area contributed by atoms with Crippen molar-refractivity contribution in [2.24, 2.45) is 0 Å². The van der Waals surface area contributed by atoms with Crippen LogP contribution in [0, 0.1) is 11.6 Å². The second kappa shape index (κ2) is 5.32. The van der Waals surface area contributed by atoms with Gasteiger partial charge in [0.05, 0.1) is 10.0 Å². The number of aromatic nitrogens is 2. The van der Waals surface area contributed by atoms with Crippen molar-refractivity contribution in [2.45, 2.75) is 19.8 Å². The predicted octanol–water partition coefficient (Wildman–Crippen LogP) is 3.31. The maximum Gasteiger partial charge on any atom is 0.258 e. The number of rotatable bonds is 2. The first kappa shape index (κ1) is 14.6. The summed E-state index contributed by atoms with van der Waals surface area (Å²) in [6.07, 6.45) is 0. The lowest BCUT2D eigenvalue weighted by Crippen LogP contribution is -2.16. The van der Waals surface area contributed by atoms with E-state index >= 15 is 0 Å². The Kier molecular flexibility index (Phi) is 3.89. The fraction of sp³-hybridized carbons (Fsp3) is 0.231. The summed E-state index contributed by atoms with van der Waals surface area (Å²) in [5.74, 6) is -2.78. The third kappa shape index (κ3) is 2.45. The molecule has 20 heavy (non-hydrogen) atoms. The van der Waals surface area contributed by atoms with Gasteiger partial charge in [-0.15, -0.1) is 0 Å². The molecule has 0 aliphatic heterocycles. The SMILES string of the molecule is CC(C)c1c(O)nc(-c2ccc(F)c(F)c2Br)[nH]c1=O. The van der Waals surface area contributed by atoms with Gasteiger partial charge in [0.2, 0.25) is 5.88 Å². The molecule has 0 saturated heterocycles. The van der Waals surface area contributed by atoms with Crippen LogP contribution in [-0.4, -0.2) is 15.1 Å². The molecule has 0 spiro atoms. The lowest BCUT2D eigenvalue weighted by molar-refractivity contribution is 0.440. The Morgan fingerprint density at radius 2 is 2.00 bits per heavy atom. The number of hydrogen-bond donors (Lipinski definition) is 2. The Hall–Kier alpha value is -1.76. The highest BCUT2D eigenvalue weighted by Crippen LogP contribution is 2.30. The number of nitrogens with zero attached hydrogens (tertiary/aromatic N) is 1. The smallest absolute Gasteiger partial charge is 0.258 e. The van der Waals surface area contributed by atoms with Crippen LogP contribution in [0.15, 0.2) is 21.4 Å². The number of benzene rings is 1. The van der Waals surface area contributed by atoms with E-state index in [0.29, 0.717) is 0 Å². The highest BCUT2D eigenvalue weighted by molar-refractivity contribution is 9.10. The molecule has 1 aromatic carbocycles. The van der Waals surface area contributed by atoms with Gasteiger partial charge < -0.3 is 10.1 Å². The molecular weight excluding hydrogens is 334 g/mol. The van der Waals surface area contributed by atoms with Gasteiger partial charge >= 0.3 is 0 Å². The van der Waals surface area contributed by atoms with E-state index in [0.717, 1.165) is 6.07 Å². The van der Waals surface area contributed by atoms with E-state index in [9.17, 15) is 18.7 Å². The van der Waals surface area contributed by atoms with Gasteiger partial charge in [-0.3, -0.25) is 4.79 Å². The van der Waals surface area contributed by atoms with Crippen LogP contribution in [0.2, 0.25) is 0 Å². The zero-order valence-corrected chi connectivity index (χ0v) is 12.3. The lowest BCUT2D eigenvalue weighted by atomic mass is 10.1. The fourth-order valence-corrected chi connectivity index (χ4v) is 2.34. The van der Waals surface area contributed by atoms with Gasteiger partial charge in [-0.25, -0.2) is 8.78 Å². The van der Waals surface area contributed by atoms with Crippen molar-refractivity contribution < 1.29 is 13.9 Å². The normalized spacial score (nSPS) is 11.1. The maximum absolute atomic E-state index is 13.5. The molecule has 7 heteroatoms. The average molecular weight is 345 g/mol. The number of hydrogen-bond acceptors (Lipinski definition) is 3. The van der Waals surface area contributed by atoms with E-state index in [1.54, 1.807) is 13.8 Å². The van der Waals surface area contributed by atoms with Crippen LogP contribution in [-0.2, 0) is 0 Å². The Morgan fingerprint density at radius 3 is 2.55 bits per heavy atom. The minimum absolute atomic E-state index is 0.0392. The third-order valence-electron chi connectivity index (χ3n) is 2.80. The quantitative estimate of drug-likeness (QED) is 0.821. The Balaban J connectivity index is 2.67. The molecule has 0 bridgehead atoms. The summed E-state index contributed by atoms with van der Waals surface area (Å²) >= 11 is 2.91. The van der Waals surface area contributed by atoms with Gasteiger partial charge in [0.1, 0.15) is 5.82 Å². The zero-order chi connectivity index (χ0) is 15.0. The van der Waals surface area contributed by atoms with E-state index in [1.165, 1.54) is 6.07 Å². The highest BCUT2D eigenvalue weighted by atomic mass is 79.9. The molecule has 0 unspecified atom stereocenters. The molecular formula is C13H11BrF2N2O2. The first-order valence-corrected chi connectivity index (χ1v) is 6.59. The maximum atomic E-state index is 13.5. The fourth-order valence-electron chi connectivity index (χ4n) is 1.83. The summed E-state index contributed by atoms with van der Waals surface area (Å²) in [6, 6.07) is 2.18. The summed E-state index contributed by atoms with van der Waals surface area (Å²) in [6.45, 7) is 3.47. The van der Waals surface area contributed by atoms with Crippen molar-refractivity contribution >= 4 is 15.9 Å². The highest BCUT2D eigenvalue weighted by Gasteiger charge is 2.18. The van der Waals surface area contributed by atoms with Gasteiger partial charge in [0.25, 0.3) is 5.56 Å². The molecule has 0 atom stereocenters. The zero-order valence-electron chi connectivity index (χ0n) is 10.7. The van der Waals surface area contributed by atoms with Crippen LogP contribution in [0.3, 0.4) is 0 Å². The Morgan fingerprint density at radius 1 is 1.35 bits per heavy atom. The van der Waals surface area contributed by atoms with Crippen molar-refractivity contribution in [3.05, 3.63) is 44.2 Å². The lowest BCUT2D eigenvalue weighted by Gasteiger charge is -2.10. The van der Waals surface area contributed by atoms with Crippen LogP contribution in [0.1, 0.15) is 25.3 Å². The molecule has 4 nitrogen and oxygen atoms in total. The van der Waals surface area contributed by atoms with Crippen LogP contribution in [0.4, 0.5) is 8.78 Å². The van der Waals surface area contributed by atoms with Gasteiger partial charge in [-0.2, -0.15) is 4.98 Å². The first-order chi connectivity index (χ1) is 9.32. The molecule has 106 valence electrons. The van der Waals surface area contributed by atoms with E-state index < -0.39 is 23.1 Å². The summed E-state index contributed by atoms with van der Waals surface area (Å²) in [4.78, 5) is 18.2. The monoisotopic (exact) mass is 344 g/mol. The number of nitrogens with one attached hydrogen (secondary N) is 1. The largest absolute Gasteiger partial charge is 0.493 e. The van der Waals surface area contributed by atoms with Crippen molar-refractivity contribution in [1.82, 2.24) is 9.97 Å². The minimum Gasteiger partial charge on any atom is -0.493 e. The minimum atomic E-state index is -1.09. The summed E-state index contributed by atoms with van der Waals surface area (Å²) in [5.41, 5.74) is -0.224. The third-order valence-corrected chi connectivity index (χ3v) is 3.58. The molecule has 2 N–H and O–H groups in total. The van der Waals surface area contributed by atoms with Crippen LogP contribution in [0.25, 0.3) is 11.4 Å². The molecule has 0 amide bonds. The van der Waals surface area contributed by atoms with Crippen LogP contribution in [0.5, 0.6) is 5.88 Å². The second-order valence-corrected chi connectivity index (χ2v) is 5.32. The molecule has 2 rings (SSSR count). The van der Waals surface area contributed by atoms with E-state index in [1.807, 2.05) is 0 Å². The predicted molar refractivity (Wildman–Crippen MR) is 73.7 cm³/mol. The number of aromatic hydroxyl groups is 1. The van der Waals surface area contributed by atoms with Gasteiger partial charge in [0, 0.05) is 5.56 Å². The number of aromatic amines is 1. The molecule has 0 aliphatic carbocycles. The van der Waals surface area contributed by atoms with Crippen LogP contribution < -0.4 is 5.56 Å². The van der Waals surface area contributed by atoms with E-state index in [2.05, 4.69) is 25.9 Å². The van der Waals surface area contributed by atoms with E-state index in [-0.39, 0.29) is 27.3 Å². The summed E-state index contributed by atoms with van der Waals surface area (Å²) < 4.78 is 26.4. The topological polar surface area (TPSA) is 66.0 Å². The van der Waals surface area contributed by atoms with Gasteiger partial charge in [-0.1, -0.05) is 13.8 Å². The van der Waals surface area contributed by atoms with Crippen molar-refractivity contribution in [3.63, 3.8) is 0 Å². The molecule has 1 aromatic heterocycles. The average Bonchev–Trinajstić information content (AvgIpc) is 2.34. The molecule has 0 fully saturated rings. The first-order valence-electron chi connectivity index (χ1n) is 5.80. The Labute approximate surface area is 121 Å². The second-order valence-electron chi connectivity index (χ2n) is 4.53.